The lowest BCUT2D eigenvalue weighted by molar-refractivity contribution is 1.39. The van der Waals surface area contributed by atoms with E-state index >= 15 is 0 Å². The molecule has 64 valence electrons. The lowest BCUT2D eigenvalue weighted by atomic mass is 10.2. The van der Waals surface area contributed by atoms with Crippen molar-refractivity contribution in [3.63, 3.8) is 0 Å². The van der Waals surface area contributed by atoms with Crippen molar-refractivity contribution in [1.29, 1.82) is 0 Å². The average molecular weight is 187 g/mol. The van der Waals surface area contributed by atoms with Gasteiger partial charge in [0.15, 0.2) is 0 Å². The molecule has 0 aliphatic carbocycles. The fourth-order valence-electron chi connectivity index (χ4n) is 1.05. The van der Waals surface area contributed by atoms with Gasteiger partial charge in [-0.2, -0.15) is 0 Å². The van der Waals surface area contributed by atoms with Crippen molar-refractivity contribution in [1.82, 2.24) is 4.98 Å². The van der Waals surface area contributed by atoms with Gasteiger partial charge in [0.1, 0.15) is 0 Å². The largest absolute Gasteiger partial charge is 0.245 e. The van der Waals surface area contributed by atoms with Crippen LogP contribution >= 0.6 is 11.3 Å². The Labute approximate surface area is 81.4 Å². The standard InChI is InChI=1S/C11H9NS/c1-2-4-10(5-3-1)6-7-11-8-13-9-12-11/h1-9H/b7-6-. The molecule has 0 N–H and O–H groups in total. The monoisotopic (exact) mass is 187 g/mol. The number of hydrogen-bond acceptors (Lipinski definition) is 2. The molecule has 0 saturated heterocycles. The molecule has 0 amide bonds. The molecule has 0 aliphatic heterocycles. The van der Waals surface area contributed by atoms with Crippen LogP contribution in [0.1, 0.15) is 11.3 Å². The summed E-state index contributed by atoms with van der Waals surface area (Å²) in [6.07, 6.45) is 4.08. The first-order valence-corrected chi connectivity index (χ1v) is 5.01. The minimum atomic E-state index is 1.02. The Morgan fingerprint density at radius 3 is 2.62 bits per heavy atom. The van der Waals surface area contributed by atoms with E-state index in [0.717, 1.165) is 5.69 Å². The lowest BCUT2D eigenvalue weighted by Gasteiger charge is -1.89. The van der Waals surface area contributed by atoms with Gasteiger partial charge in [-0.3, -0.25) is 0 Å². The molecular weight excluding hydrogens is 178 g/mol. The van der Waals surface area contributed by atoms with Crippen molar-refractivity contribution in [3.8, 4) is 0 Å². The maximum Gasteiger partial charge on any atom is 0.0798 e. The van der Waals surface area contributed by atoms with E-state index in [0.29, 0.717) is 0 Å². The van der Waals surface area contributed by atoms with E-state index in [9.17, 15) is 0 Å². The van der Waals surface area contributed by atoms with Crippen molar-refractivity contribution >= 4 is 23.5 Å². The van der Waals surface area contributed by atoms with Crippen LogP contribution in [0.2, 0.25) is 0 Å². The zero-order chi connectivity index (χ0) is 8.93. The molecule has 0 spiro atoms. The van der Waals surface area contributed by atoms with Gasteiger partial charge in [0.05, 0.1) is 11.2 Å². The summed E-state index contributed by atoms with van der Waals surface area (Å²) < 4.78 is 0. The van der Waals surface area contributed by atoms with Gasteiger partial charge < -0.3 is 0 Å². The number of rotatable bonds is 2. The molecule has 0 unspecified atom stereocenters. The zero-order valence-corrected chi connectivity index (χ0v) is 7.87. The molecule has 0 fully saturated rings. The quantitative estimate of drug-likeness (QED) is 0.702. The van der Waals surface area contributed by atoms with Gasteiger partial charge in [-0.05, 0) is 11.6 Å². The Bertz CT molecular complexity index is 376. The van der Waals surface area contributed by atoms with Crippen LogP contribution < -0.4 is 0 Å². The summed E-state index contributed by atoms with van der Waals surface area (Å²) in [7, 11) is 0. The molecule has 1 aromatic heterocycles. The van der Waals surface area contributed by atoms with Crippen LogP contribution in [0.5, 0.6) is 0 Å². The Kier molecular flexibility index (Phi) is 2.53. The molecule has 0 atom stereocenters. The molecule has 1 aromatic carbocycles. The number of hydrogen-bond donors (Lipinski definition) is 0. The maximum atomic E-state index is 4.16. The van der Waals surface area contributed by atoms with Crippen molar-refractivity contribution in [3.05, 3.63) is 52.5 Å². The number of nitrogens with zero attached hydrogens (tertiary/aromatic N) is 1. The third kappa shape index (κ3) is 2.26. The van der Waals surface area contributed by atoms with Gasteiger partial charge in [0.25, 0.3) is 0 Å². The van der Waals surface area contributed by atoms with E-state index in [-0.39, 0.29) is 0 Å². The summed E-state index contributed by atoms with van der Waals surface area (Å²) in [5.41, 5.74) is 4.06. The van der Waals surface area contributed by atoms with Gasteiger partial charge in [-0.1, -0.05) is 36.4 Å². The van der Waals surface area contributed by atoms with Crippen LogP contribution in [0.25, 0.3) is 12.2 Å². The Morgan fingerprint density at radius 1 is 1.08 bits per heavy atom. The van der Waals surface area contributed by atoms with Crippen LogP contribution in [-0.2, 0) is 0 Å². The average Bonchev–Trinajstić information content (AvgIpc) is 2.69. The topological polar surface area (TPSA) is 12.9 Å². The minimum absolute atomic E-state index is 1.02. The van der Waals surface area contributed by atoms with Crippen molar-refractivity contribution < 1.29 is 0 Å². The highest BCUT2D eigenvalue weighted by atomic mass is 32.1. The van der Waals surface area contributed by atoms with Crippen LogP contribution in [0.4, 0.5) is 0 Å². The molecule has 2 rings (SSSR count). The Balaban J connectivity index is 2.15. The predicted molar refractivity (Wildman–Crippen MR) is 57.5 cm³/mol. The number of thiazole rings is 1. The highest BCUT2D eigenvalue weighted by molar-refractivity contribution is 7.07. The minimum Gasteiger partial charge on any atom is -0.245 e. The smallest absolute Gasteiger partial charge is 0.0798 e. The van der Waals surface area contributed by atoms with Gasteiger partial charge in [0.2, 0.25) is 0 Å². The van der Waals surface area contributed by atoms with Crippen LogP contribution in [-0.4, -0.2) is 4.98 Å². The summed E-state index contributed by atoms with van der Waals surface area (Å²) >= 11 is 1.61. The predicted octanol–water partition coefficient (Wildman–Crippen LogP) is 3.31. The van der Waals surface area contributed by atoms with Crippen molar-refractivity contribution in [2.24, 2.45) is 0 Å². The Hall–Kier alpha value is -1.41. The number of benzene rings is 1. The summed E-state index contributed by atoms with van der Waals surface area (Å²) in [4.78, 5) is 4.16. The van der Waals surface area contributed by atoms with Gasteiger partial charge >= 0.3 is 0 Å². The second-order valence-electron chi connectivity index (χ2n) is 2.66. The summed E-state index contributed by atoms with van der Waals surface area (Å²) in [6.45, 7) is 0. The SMILES string of the molecule is C(=C/c1cscn1)/c1ccccc1. The molecule has 0 aliphatic rings. The molecule has 2 heteroatoms. The summed E-state index contributed by atoms with van der Waals surface area (Å²) in [5.74, 6) is 0. The molecule has 1 nitrogen and oxygen atoms in total. The van der Waals surface area contributed by atoms with Crippen LogP contribution in [0, 0.1) is 0 Å². The molecule has 2 aromatic rings. The summed E-state index contributed by atoms with van der Waals surface area (Å²) in [6, 6.07) is 10.2. The molecular formula is C11H9NS. The third-order valence-electron chi connectivity index (χ3n) is 1.70. The van der Waals surface area contributed by atoms with E-state index in [4.69, 9.17) is 0 Å². The Morgan fingerprint density at radius 2 is 1.92 bits per heavy atom. The first kappa shape index (κ1) is 8.20. The highest BCUT2D eigenvalue weighted by Crippen LogP contribution is 2.07. The first-order valence-electron chi connectivity index (χ1n) is 4.06. The zero-order valence-electron chi connectivity index (χ0n) is 7.05. The molecule has 13 heavy (non-hydrogen) atoms. The normalized spacial score (nSPS) is 10.8. The number of aromatic nitrogens is 1. The van der Waals surface area contributed by atoms with E-state index in [1.54, 1.807) is 11.3 Å². The van der Waals surface area contributed by atoms with Gasteiger partial charge in [-0.15, -0.1) is 11.3 Å². The second-order valence-corrected chi connectivity index (χ2v) is 3.38. The van der Waals surface area contributed by atoms with Crippen molar-refractivity contribution in [2.45, 2.75) is 0 Å². The fraction of sp³-hybridized carbons (Fsp3) is 0. The molecule has 0 radical (unpaired) electrons. The van der Waals surface area contributed by atoms with Crippen LogP contribution in [0.3, 0.4) is 0 Å². The highest BCUT2D eigenvalue weighted by Gasteiger charge is 1.87. The summed E-state index contributed by atoms with van der Waals surface area (Å²) in [5, 5.41) is 2.03. The first-order chi connectivity index (χ1) is 6.45. The van der Waals surface area contributed by atoms with Crippen molar-refractivity contribution in [2.75, 3.05) is 0 Å². The fourth-order valence-corrected chi connectivity index (χ4v) is 1.57. The van der Waals surface area contributed by atoms with E-state index in [1.807, 2.05) is 35.2 Å². The van der Waals surface area contributed by atoms with E-state index < -0.39 is 0 Å². The van der Waals surface area contributed by atoms with E-state index in [2.05, 4.69) is 23.2 Å². The third-order valence-corrected chi connectivity index (χ3v) is 2.30. The maximum absolute atomic E-state index is 4.16. The van der Waals surface area contributed by atoms with Gasteiger partial charge in [0, 0.05) is 5.38 Å². The molecule has 0 bridgehead atoms. The van der Waals surface area contributed by atoms with Crippen LogP contribution in [0.15, 0.2) is 41.2 Å². The second kappa shape index (κ2) is 4.01. The molecule has 1 heterocycles. The lowest BCUT2D eigenvalue weighted by Crippen LogP contribution is -1.70. The molecule has 0 saturated carbocycles. The van der Waals surface area contributed by atoms with E-state index in [1.165, 1.54) is 5.56 Å². The van der Waals surface area contributed by atoms with Gasteiger partial charge in [-0.25, -0.2) is 4.98 Å².